The van der Waals surface area contributed by atoms with Gasteiger partial charge in [0.25, 0.3) is 0 Å². The van der Waals surface area contributed by atoms with Crippen LogP contribution < -0.4 is 4.90 Å². The zero-order valence-electron chi connectivity index (χ0n) is 13.4. The number of carbonyl (C=O) groups is 2. The van der Waals surface area contributed by atoms with E-state index in [0.717, 1.165) is 25.1 Å². The van der Waals surface area contributed by atoms with E-state index in [2.05, 4.69) is 6.92 Å². The summed E-state index contributed by atoms with van der Waals surface area (Å²) in [5, 5.41) is 0. The molecule has 22 heavy (non-hydrogen) atoms. The first-order valence-electron chi connectivity index (χ1n) is 8.24. The van der Waals surface area contributed by atoms with Crippen LogP contribution in [0.15, 0.2) is 24.3 Å². The van der Waals surface area contributed by atoms with Gasteiger partial charge in [-0.3, -0.25) is 9.59 Å². The van der Waals surface area contributed by atoms with Crippen LogP contribution in [0.2, 0.25) is 0 Å². The monoisotopic (exact) mass is 300 g/mol. The molecule has 2 aliphatic heterocycles. The number of anilines is 1. The van der Waals surface area contributed by atoms with Crippen molar-refractivity contribution in [3.63, 3.8) is 0 Å². The second kappa shape index (κ2) is 6.11. The van der Waals surface area contributed by atoms with E-state index in [4.69, 9.17) is 0 Å². The number of amides is 2. The summed E-state index contributed by atoms with van der Waals surface area (Å²) in [5.41, 5.74) is 2.07. The third kappa shape index (κ3) is 2.87. The SMILES string of the molecule is Cc1ccc(N2C[C@H](C(=O)N3CCCC[C@@H]3C)CC2=O)cc1. The van der Waals surface area contributed by atoms with E-state index in [9.17, 15) is 9.59 Å². The molecule has 0 bridgehead atoms. The Bertz CT molecular complexity index is 567. The lowest BCUT2D eigenvalue weighted by Gasteiger charge is -2.35. The quantitative estimate of drug-likeness (QED) is 0.842. The van der Waals surface area contributed by atoms with Crippen molar-refractivity contribution in [1.29, 1.82) is 0 Å². The van der Waals surface area contributed by atoms with Crippen LogP contribution in [-0.4, -0.2) is 35.8 Å². The fraction of sp³-hybridized carbons (Fsp3) is 0.556. The normalized spacial score (nSPS) is 25.6. The predicted molar refractivity (Wildman–Crippen MR) is 86.7 cm³/mol. The van der Waals surface area contributed by atoms with Gasteiger partial charge in [-0.15, -0.1) is 0 Å². The molecule has 0 saturated carbocycles. The molecule has 0 aliphatic carbocycles. The molecule has 1 aromatic rings. The highest BCUT2D eigenvalue weighted by Gasteiger charge is 2.38. The van der Waals surface area contributed by atoms with Gasteiger partial charge in [0.15, 0.2) is 0 Å². The number of rotatable bonds is 2. The molecule has 2 aliphatic rings. The van der Waals surface area contributed by atoms with Crippen LogP contribution in [0.4, 0.5) is 5.69 Å². The molecular formula is C18H24N2O2. The van der Waals surface area contributed by atoms with Crippen molar-refractivity contribution < 1.29 is 9.59 Å². The fourth-order valence-electron chi connectivity index (χ4n) is 3.51. The molecule has 0 spiro atoms. The van der Waals surface area contributed by atoms with E-state index >= 15 is 0 Å². The molecule has 0 aromatic heterocycles. The van der Waals surface area contributed by atoms with Gasteiger partial charge >= 0.3 is 0 Å². The predicted octanol–water partition coefficient (Wildman–Crippen LogP) is 2.75. The Hall–Kier alpha value is -1.84. The van der Waals surface area contributed by atoms with Gasteiger partial charge in [-0.05, 0) is 45.2 Å². The third-order valence-corrected chi connectivity index (χ3v) is 4.91. The second-order valence-corrected chi connectivity index (χ2v) is 6.62. The fourth-order valence-corrected chi connectivity index (χ4v) is 3.51. The van der Waals surface area contributed by atoms with Crippen LogP contribution in [0.3, 0.4) is 0 Å². The van der Waals surface area contributed by atoms with Gasteiger partial charge in [0, 0.05) is 31.2 Å². The molecule has 4 heteroatoms. The van der Waals surface area contributed by atoms with Gasteiger partial charge in [-0.2, -0.15) is 0 Å². The topological polar surface area (TPSA) is 40.6 Å². The smallest absolute Gasteiger partial charge is 0.228 e. The summed E-state index contributed by atoms with van der Waals surface area (Å²) in [4.78, 5) is 28.8. The van der Waals surface area contributed by atoms with Gasteiger partial charge in [0.1, 0.15) is 0 Å². The summed E-state index contributed by atoms with van der Waals surface area (Å²) in [6.45, 7) is 5.50. The molecule has 3 rings (SSSR count). The Morgan fingerprint density at radius 1 is 1.18 bits per heavy atom. The van der Waals surface area contributed by atoms with Crippen LogP contribution in [0.1, 0.15) is 38.2 Å². The average Bonchev–Trinajstić information content (AvgIpc) is 2.90. The van der Waals surface area contributed by atoms with Crippen molar-refractivity contribution in [2.24, 2.45) is 5.92 Å². The molecule has 2 fully saturated rings. The van der Waals surface area contributed by atoms with Crippen molar-refractivity contribution in [1.82, 2.24) is 4.90 Å². The van der Waals surface area contributed by atoms with Crippen LogP contribution in [0.5, 0.6) is 0 Å². The Labute approximate surface area is 132 Å². The Kier molecular flexibility index (Phi) is 4.19. The van der Waals surface area contributed by atoms with E-state index in [0.29, 0.717) is 19.0 Å². The summed E-state index contributed by atoms with van der Waals surface area (Å²) in [5.74, 6) is 0.0383. The largest absolute Gasteiger partial charge is 0.340 e. The van der Waals surface area contributed by atoms with Crippen molar-refractivity contribution in [2.45, 2.75) is 45.6 Å². The summed E-state index contributed by atoms with van der Waals surface area (Å²) in [6.07, 6.45) is 3.70. The number of aryl methyl sites for hydroxylation is 1. The minimum absolute atomic E-state index is 0.0619. The maximum Gasteiger partial charge on any atom is 0.228 e. The van der Waals surface area contributed by atoms with Crippen molar-refractivity contribution in [2.75, 3.05) is 18.0 Å². The van der Waals surface area contributed by atoms with Gasteiger partial charge in [-0.25, -0.2) is 0 Å². The number of benzene rings is 1. The van der Waals surface area contributed by atoms with Crippen LogP contribution in [-0.2, 0) is 9.59 Å². The lowest BCUT2D eigenvalue weighted by Crippen LogP contribution is -2.45. The summed E-state index contributed by atoms with van der Waals surface area (Å²) in [6, 6.07) is 8.24. The van der Waals surface area contributed by atoms with E-state index < -0.39 is 0 Å². The first-order valence-corrected chi connectivity index (χ1v) is 8.24. The zero-order chi connectivity index (χ0) is 15.7. The van der Waals surface area contributed by atoms with Crippen molar-refractivity contribution in [3.8, 4) is 0 Å². The maximum absolute atomic E-state index is 12.7. The molecule has 0 N–H and O–H groups in total. The number of nitrogens with zero attached hydrogens (tertiary/aromatic N) is 2. The van der Waals surface area contributed by atoms with Gasteiger partial charge in [0.2, 0.25) is 11.8 Å². The molecule has 118 valence electrons. The van der Waals surface area contributed by atoms with Gasteiger partial charge in [-0.1, -0.05) is 17.7 Å². The lowest BCUT2D eigenvalue weighted by molar-refractivity contribution is -0.139. The molecule has 2 atom stereocenters. The molecule has 0 radical (unpaired) electrons. The van der Waals surface area contributed by atoms with Gasteiger partial charge in [0.05, 0.1) is 5.92 Å². The molecule has 2 heterocycles. The average molecular weight is 300 g/mol. The molecule has 0 unspecified atom stereocenters. The number of hydrogen-bond acceptors (Lipinski definition) is 2. The molecule has 1 aromatic carbocycles. The first-order chi connectivity index (χ1) is 10.6. The minimum Gasteiger partial charge on any atom is -0.340 e. The van der Waals surface area contributed by atoms with Crippen LogP contribution >= 0.6 is 0 Å². The van der Waals surface area contributed by atoms with Crippen molar-refractivity contribution >= 4 is 17.5 Å². The Morgan fingerprint density at radius 2 is 1.91 bits per heavy atom. The number of piperidine rings is 1. The standard InChI is InChI=1S/C18H24N2O2/c1-13-6-8-16(9-7-13)20-12-15(11-17(20)21)18(22)19-10-4-3-5-14(19)2/h6-9,14-15H,3-5,10-12H2,1-2H3/t14-,15+/m0/s1. The highest BCUT2D eigenvalue weighted by atomic mass is 16.2. The highest BCUT2D eigenvalue weighted by molar-refractivity contribution is 6.00. The third-order valence-electron chi connectivity index (χ3n) is 4.91. The highest BCUT2D eigenvalue weighted by Crippen LogP contribution is 2.28. The Morgan fingerprint density at radius 3 is 2.59 bits per heavy atom. The summed E-state index contributed by atoms with van der Waals surface area (Å²) >= 11 is 0. The van der Waals surface area contributed by atoms with Crippen molar-refractivity contribution in [3.05, 3.63) is 29.8 Å². The summed E-state index contributed by atoms with van der Waals surface area (Å²) < 4.78 is 0. The zero-order valence-corrected chi connectivity index (χ0v) is 13.4. The minimum atomic E-state index is -0.186. The Balaban J connectivity index is 1.71. The number of hydrogen-bond donors (Lipinski definition) is 0. The molecule has 2 amide bonds. The second-order valence-electron chi connectivity index (χ2n) is 6.62. The summed E-state index contributed by atoms with van der Waals surface area (Å²) in [7, 11) is 0. The van der Waals surface area contributed by atoms with E-state index in [1.54, 1.807) is 4.90 Å². The lowest BCUT2D eigenvalue weighted by atomic mass is 9.99. The number of carbonyl (C=O) groups excluding carboxylic acids is 2. The molecular weight excluding hydrogens is 276 g/mol. The molecule has 4 nitrogen and oxygen atoms in total. The van der Waals surface area contributed by atoms with E-state index in [1.165, 1.54) is 12.0 Å². The van der Waals surface area contributed by atoms with Crippen LogP contribution in [0, 0.1) is 12.8 Å². The molecule has 2 saturated heterocycles. The number of likely N-dealkylation sites (tertiary alicyclic amines) is 1. The first kappa shape index (κ1) is 15.1. The van der Waals surface area contributed by atoms with Gasteiger partial charge < -0.3 is 9.80 Å². The van der Waals surface area contributed by atoms with E-state index in [1.807, 2.05) is 36.1 Å². The van der Waals surface area contributed by atoms with Crippen LogP contribution in [0.25, 0.3) is 0 Å². The van der Waals surface area contributed by atoms with E-state index in [-0.39, 0.29) is 17.7 Å². The maximum atomic E-state index is 12.7.